The predicted molar refractivity (Wildman–Crippen MR) is 168 cm³/mol. The number of halogens is 4. The van der Waals surface area contributed by atoms with Crippen LogP contribution in [0.15, 0.2) is 73.3 Å². The molecule has 13 heteroatoms. The molecule has 246 valence electrons. The minimum Gasteiger partial charge on any atom is -0.457 e. The standard InChI is InChI=1S/C34H34F4N6O3/c1-45-17-15-43-13-10-33(11-14-43)23-44(16-18-46-33)32-24(7-8-30(31(32)34(36,37)38)47-26-5-3-2-4-6-26)19-27(35)29-22-39-21-28(42-29)25-9-12-40-41-20-25/h2-9,12,19-22H,10-11,13-18,23H2,1H3/b27-19-. The van der Waals surface area contributed by atoms with E-state index in [1.54, 1.807) is 48.4 Å². The van der Waals surface area contributed by atoms with E-state index in [9.17, 15) is 0 Å². The van der Waals surface area contributed by atoms with Gasteiger partial charge in [-0.05, 0) is 49.2 Å². The molecule has 0 unspecified atom stereocenters. The SMILES string of the molecule is COCCN1CCC2(CC1)CN(c1c(/C=C(\F)c3cncc(-c4ccnnc4)n3)ccc(Oc3ccccc3)c1C(F)(F)F)CCO2. The minimum atomic E-state index is -4.83. The van der Waals surface area contributed by atoms with Crippen LogP contribution in [-0.2, 0) is 15.7 Å². The van der Waals surface area contributed by atoms with Gasteiger partial charge in [0.2, 0.25) is 0 Å². The second-order valence-electron chi connectivity index (χ2n) is 11.5. The lowest BCUT2D eigenvalue weighted by molar-refractivity contribution is -0.138. The van der Waals surface area contributed by atoms with Crippen molar-refractivity contribution in [1.82, 2.24) is 25.1 Å². The van der Waals surface area contributed by atoms with Crippen molar-refractivity contribution in [1.29, 1.82) is 0 Å². The number of hydrogen-bond donors (Lipinski definition) is 0. The van der Waals surface area contributed by atoms with Gasteiger partial charge in [0.1, 0.15) is 22.8 Å². The highest BCUT2D eigenvalue weighted by atomic mass is 19.4. The number of ether oxygens (including phenoxy) is 3. The normalized spacial score (nSPS) is 17.2. The number of piperidine rings is 1. The first kappa shape index (κ1) is 32.5. The molecule has 2 fully saturated rings. The number of alkyl halides is 3. The Balaban J connectivity index is 1.41. The number of methoxy groups -OCH3 is 1. The first-order valence-corrected chi connectivity index (χ1v) is 15.3. The smallest absolute Gasteiger partial charge is 0.422 e. The zero-order valence-electron chi connectivity index (χ0n) is 25.8. The van der Waals surface area contributed by atoms with Crippen molar-refractivity contribution in [2.45, 2.75) is 24.6 Å². The van der Waals surface area contributed by atoms with Gasteiger partial charge in [-0.2, -0.15) is 23.4 Å². The molecule has 9 nitrogen and oxygen atoms in total. The topological polar surface area (TPSA) is 85.7 Å². The van der Waals surface area contributed by atoms with Crippen molar-refractivity contribution in [2.75, 3.05) is 57.9 Å². The summed E-state index contributed by atoms with van der Waals surface area (Å²) in [5.74, 6) is -0.974. The quantitative estimate of drug-likeness (QED) is 0.188. The molecule has 0 N–H and O–H groups in total. The third-order valence-corrected chi connectivity index (χ3v) is 8.41. The number of rotatable bonds is 9. The first-order valence-electron chi connectivity index (χ1n) is 15.3. The number of benzene rings is 2. The zero-order valence-corrected chi connectivity index (χ0v) is 25.8. The van der Waals surface area contributed by atoms with Gasteiger partial charge in [0.25, 0.3) is 0 Å². The highest BCUT2D eigenvalue weighted by molar-refractivity contribution is 5.84. The van der Waals surface area contributed by atoms with Gasteiger partial charge in [0.05, 0.1) is 55.0 Å². The Labute approximate surface area is 269 Å². The summed E-state index contributed by atoms with van der Waals surface area (Å²) in [4.78, 5) is 12.4. The summed E-state index contributed by atoms with van der Waals surface area (Å²) in [5, 5.41) is 7.56. The van der Waals surface area contributed by atoms with Crippen molar-refractivity contribution in [3.05, 3.63) is 90.1 Å². The van der Waals surface area contributed by atoms with E-state index in [4.69, 9.17) is 14.2 Å². The fraction of sp³-hybridized carbons (Fsp3) is 0.353. The van der Waals surface area contributed by atoms with Gasteiger partial charge in [0, 0.05) is 51.0 Å². The summed E-state index contributed by atoms with van der Waals surface area (Å²) in [6.07, 6.45) is 3.13. The van der Waals surface area contributed by atoms with Crippen molar-refractivity contribution in [2.24, 2.45) is 0 Å². The van der Waals surface area contributed by atoms with Crippen LogP contribution in [0.25, 0.3) is 23.2 Å². The van der Waals surface area contributed by atoms with Crippen LogP contribution in [0.5, 0.6) is 11.5 Å². The molecule has 1 spiro atoms. The number of likely N-dealkylation sites (tertiary alicyclic amines) is 1. The number of aromatic nitrogens is 4. The van der Waals surface area contributed by atoms with Crippen molar-refractivity contribution in [3.63, 3.8) is 0 Å². The van der Waals surface area contributed by atoms with E-state index in [2.05, 4.69) is 25.1 Å². The van der Waals surface area contributed by atoms with E-state index in [0.717, 1.165) is 25.7 Å². The van der Waals surface area contributed by atoms with Crippen LogP contribution < -0.4 is 9.64 Å². The maximum Gasteiger partial charge on any atom is 0.422 e. The first-order chi connectivity index (χ1) is 22.7. The minimum absolute atomic E-state index is 0.0302. The maximum absolute atomic E-state index is 16.0. The van der Waals surface area contributed by atoms with Crippen LogP contribution in [0.4, 0.5) is 23.2 Å². The molecule has 2 aliphatic heterocycles. The van der Waals surface area contributed by atoms with Crippen LogP contribution >= 0.6 is 0 Å². The van der Waals surface area contributed by atoms with E-state index in [1.807, 2.05) is 0 Å². The highest BCUT2D eigenvalue weighted by Gasteiger charge is 2.44. The molecule has 2 saturated heterocycles. The molecule has 0 bridgehead atoms. The Morgan fingerprint density at radius 2 is 1.81 bits per heavy atom. The summed E-state index contributed by atoms with van der Waals surface area (Å²) < 4.78 is 78.7. The molecule has 0 atom stereocenters. The van der Waals surface area contributed by atoms with Crippen molar-refractivity contribution in [3.8, 4) is 22.8 Å². The van der Waals surface area contributed by atoms with E-state index >= 15 is 17.6 Å². The van der Waals surface area contributed by atoms with E-state index in [1.165, 1.54) is 36.9 Å². The Kier molecular flexibility index (Phi) is 9.76. The molecule has 47 heavy (non-hydrogen) atoms. The monoisotopic (exact) mass is 650 g/mol. The molecule has 0 radical (unpaired) electrons. The van der Waals surface area contributed by atoms with Gasteiger partial charge >= 0.3 is 6.18 Å². The summed E-state index contributed by atoms with van der Waals surface area (Å²) in [7, 11) is 1.65. The van der Waals surface area contributed by atoms with Crippen LogP contribution in [0.2, 0.25) is 0 Å². The van der Waals surface area contributed by atoms with Crippen LogP contribution in [-0.4, -0.2) is 83.7 Å². The van der Waals surface area contributed by atoms with E-state index in [0.29, 0.717) is 30.7 Å². The molecule has 4 aromatic rings. The maximum atomic E-state index is 16.0. The number of nitrogens with zero attached hydrogens (tertiary/aromatic N) is 6. The van der Waals surface area contributed by atoms with Gasteiger partial charge < -0.3 is 24.0 Å². The van der Waals surface area contributed by atoms with Crippen LogP contribution in [0, 0.1) is 0 Å². The van der Waals surface area contributed by atoms with Crippen molar-refractivity contribution < 1.29 is 31.8 Å². The second kappa shape index (κ2) is 14.1. The lowest BCUT2D eigenvalue weighted by Crippen LogP contribution is -2.57. The van der Waals surface area contributed by atoms with Gasteiger partial charge in [0.15, 0.2) is 5.83 Å². The third-order valence-electron chi connectivity index (χ3n) is 8.41. The molecule has 2 aromatic heterocycles. The Morgan fingerprint density at radius 1 is 1.00 bits per heavy atom. The molecule has 6 rings (SSSR count). The number of morpholine rings is 1. The number of hydrogen-bond acceptors (Lipinski definition) is 9. The number of para-hydroxylation sites is 1. The Hall–Kier alpha value is -4.46. The lowest BCUT2D eigenvalue weighted by Gasteiger charge is -2.48. The van der Waals surface area contributed by atoms with Gasteiger partial charge in [-0.3, -0.25) is 4.98 Å². The molecule has 0 aliphatic carbocycles. The van der Waals surface area contributed by atoms with Gasteiger partial charge in [-0.15, -0.1) is 0 Å². The molecule has 4 heterocycles. The average molecular weight is 651 g/mol. The van der Waals surface area contributed by atoms with Crippen LogP contribution in [0.1, 0.15) is 29.7 Å². The summed E-state index contributed by atoms with van der Waals surface area (Å²) in [5.41, 5.74) is -1.01. The van der Waals surface area contributed by atoms with Crippen molar-refractivity contribution >= 4 is 17.6 Å². The fourth-order valence-electron chi connectivity index (χ4n) is 6.04. The summed E-state index contributed by atoms with van der Waals surface area (Å²) in [6, 6.07) is 12.6. The number of anilines is 1. The molecule has 0 amide bonds. The van der Waals surface area contributed by atoms with E-state index in [-0.39, 0.29) is 48.1 Å². The third kappa shape index (κ3) is 7.58. The summed E-state index contributed by atoms with van der Waals surface area (Å²) in [6.45, 7) is 3.42. The lowest BCUT2D eigenvalue weighted by atomic mass is 9.88. The van der Waals surface area contributed by atoms with Crippen LogP contribution in [0.3, 0.4) is 0 Å². The fourth-order valence-corrected chi connectivity index (χ4v) is 6.04. The molecular formula is C34H34F4N6O3. The zero-order chi connectivity index (χ0) is 32.9. The summed E-state index contributed by atoms with van der Waals surface area (Å²) >= 11 is 0. The van der Waals surface area contributed by atoms with Gasteiger partial charge in [-0.1, -0.05) is 18.2 Å². The largest absolute Gasteiger partial charge is 0.457 e. The Morgan fingerprint density at radius 3 is 2.53 bits per heavy atom. The molecule has 2 aromatic carbocycles. The highest BCUT2D eigenvalue weighted by Crippen LogP contribution is 2.48. The molecule has 0 saturated carbocycles. The van der Waals surface area contributed by atoms with E-state index < -0.39 is 23.2 Å². The average Bonchev–Trinajstić information content (AvgIpc) is 3.09. The Bertz CT molecular complexity index is 1680. The molecule has 2 aliphatic rings. The molecular weight excluding hydrogens is 616 g/mol. The van der Waals surface area contributed by atoms with Gasteiger partial charge in [-0.25, -0.2) is 9.37 Å². The second-order valence-corrected chi connectivity index (χ2v) is 11.5. The predicted octanol–water partition coefficient (Wildman–Crippen LogP) is 6.53.